The molecular weight excluding hydrogens is 588 g/mol. The van der Waals surface area contributed by atoms with Crippen LogP contribution in [0.1, 0.15) is 114 Å². The Morgan fingerprint density at radius 2 is 1.85 bits per heavy atom. The summed E-state index contributed by atoms with van der Waals surface area (Å²) in [6.45, 7) is 25.1. The summed E-state index contributed by atoms with van der Waals surface area (Å²) >= 11 is 0. The fourth-order valence-corrected chi connectivity index (χ4v) is 12.3. The van der Waals surface area contributed by atoms with Gasteiger partial charge in [0.1, 0.15) is 12.7 Å². The van der Waals surface area contributed by atoms with Gasteiger partial charge in [-0.3, -0.25) is 4.79 Å². The molecule has 1 aromatic rings. The van der Waals surface area contributed by atoms with Crippen molar-refractivity contribution in [1.82, 2.24) is 20.1 Å². The molecule has 8 nitrogen and oxygen atoms in total. The fourth-order valence-electron chi connectivity index (χ4n) is 12.3. The second-order valence-electron chi connectivity index (χ2n) is 18.5. The minimum atomic E-state index is -0.607. The zero-order valence-electron chi connectivity index (χ0n) is 31.2. The van der Waals surface area contributed by atoms with Crippen molar-refractivity contribution in [2.24, 2.45) is 62.6 Å². The van der Waals surface area contributed by atoms with E-state index in [4.69, 9.17) is 14.6 Å². The van der Waals surface area contributed by atoms with Crippen LogP contribution in [-0.2, 0) is 14.3 Å². The van der Waals surface area contributed by atoms with Crippen LogP contribution in [0.5, 0.6) is 0 Å². The molecule has 12 atom stereocenters. The van der Waals surface area contributed by atoms with Gasteiger partial charge in [-0.25, -0.2) is 9.67 Å². The normalized spacial score (nSPS) is 45.0. The molecule has 6 rings (SSSR count). The van der Waals surface area contributed by atoms with Crippen molar-refractivity contribution in [3.8, 4) is 0 Å². The van der Waals surface area contributed by atoms with Gasteiger partial charge in [0.25, 0.3) is 0 Å². The van der Waals surface area contributed by atoms with Gasteiger partial charge in [0.2, 0.25) is 0 Å². The number of aliphatic carboxylic acids is 1. The number of fused-ring (bicyclic) bond motifs is 3. The Morgan fingerprint density at radius 3 is 2.45 bits per heavy atom. The predicted octanol–water partition coefficient (Wildman–Crippen LogP) is 7.43. The molecular formula is C39H64N4O4. The van der Waals surface area contributed by atoms with Crippen molar-refractivity contribution in [3.63, 3.8) is 0 Å². The van der Waals surface area contributed by atoms with E-state index in [1.807, 2.05) is 13.4 Å². The van der Waals surface area contributed by atoms with Crippen molar-refractivity contribution in [2.75, 3.05) is 26.9 Å². The van der Waals surface area contributed by atoms with Crippen LogP contribution >= 0.6 is 0 Å². The summed E-state index contributed by atoms with van der Waals surface area (Å²) in [6, 6.07) is 0.0324. The van der Waals surface area contributed by atoms with Gasteiger partial charge in [0, 0.05) is 16.4 Å². The molecule has 1 unspecified atom stereocenters. The monoisotopic (exact) mass is 652 g/mol. The van der Waals surface area contributed by atoms with Crippen LogP contribution < -0.4 is 5.32 Å². The van der Waals surface area contributed by atoms with Gasteiger partial charge >= 0.3 is 5.97 Å². The Kier molecular flexibility index (Phi) is 8.69. The summed E-state index contributed by atoms with van der Waals surface area (Å²) in [5.41, 5.74) is 0.387. The number of nitrogens with one attached hydrogen (secondary N) is 1. The summed E-state index contributed by atoms with van der Waals surface area (Å²) < 4.78 is 15.9. The zero-order valence-corrected chi connectivity index (χ0v) is 31.2. The zero-order chi connectivity index (χ0) is 34.4. The lowest BCUT2D eigenvalue weighted by molar-refractivity contribution is -0.253. The van der Waals surface area contributed by atoms with E-state index in [1.54, 1.807) is 11.9 Å². The smallest absolute Gasteiger partial charge is 0.307 e. The Morgan fingerprint density at radius 1 is 1.13 bits per heavy atom. The molecule has 47 heavy (non-hydrogen) atoms. The third-order valence-corrected chi connectivity index (χ3v) is 16.3. The number of carboxylic acids is 1. The summed E-state index contributed by atoms with van der Waals surface area (Å²) in [5.74, 6) is 0.945. The highest BCUT2D eigenvalue weighted by Crippen LogP contribution is 2.75. The second-order valence-corrected chi connectivity index (χ2v) is 18.5. The number of nitrogens with zero attached hydrogens (tertiary/aromatic N) is 3. The topological polar surface area (TPSA) is 98.5 Å². The fraction of sp³-hybridized carbons (Fsp3) is 0.872. The number of hydrogen-bond acceptors (Lipinski definition) is 6. The maximum absolute atomic E-state index is 13.4. The maximum atomic E-state index is 13.4. The maximum Gasteiger partial charge on any atom is 0.307 e. The summed E-state index contributed by atoms with van der Waals surface area (Å²) in [6.07, 6.45) is 11.9. The van der Waals surface area contributed by atoms with Crippen molar-refractivity contribution >= 4 is 5.97 Å². The minimum absolute atomic E-state index is 0.0324. The first-order valence-corrected chi connectivity index (χ1v) is 18.6. The summed E-state index contributed by atoms with van der Waals surface area (Å²) in [5, 5.41) is 19.3. The summed E-state index contributed by atoms with van der Waals surface area (Å²) in [4.78, 5) is 17.8. The van der Waals surface area contributed by atoms with E-state index in [0.29, 0.717) is 49.4 Å². The molecule has 0 spiro atoms. The van der Waals surface area contributed by atoms with Gasteiger partial charge in [0.05, 0.1) is 37.9 Å². The Bertz CT molecular complexity index is 1360. The molecule has 2 bridgehead atoms. The van der Waals surface area contributed by atoms with Gasteiger partial charge in [-0.2, -0.15) is 5.10 Å². The van der Waals surface area contributed by atoms with Crippen molar-refractivity contribution in [3.05, 3.63) is 24.3 Å². The highest BCUT2D eigenvalue weighted by molar-refractivity contribution is 5.73. The van der Waals surface area contributed by atoms with Crippen LogP contribution in [0.15, 0.2) is 24.3 Å². The third kappa shape index (κ3) is 4.80. The molecule has 0 aromatic carbocycles. The van der Waals surface area contributed by atoms with Crippen LogP contribution in [0.25, 0.3) is 0 Å². The Hall–Kier alpha value is -1.77. The molecule has 264 valence electrons. The Labute approximate surface area is 284 Å². The second kappa shape index (κ2) is 11.7. The molecule has 2 N–H and O–H groups in total. The van der Waals surface area contributed by atoms with Gasteiger partial charge in [-0.1, -0.05) is 74.0 Å². The molecule has 8 heteroatoms. The standard InChI is InChI=1S/C39H64N4O4/c1-24(2)26(5)34(6)16-17-36(8)27-12-13-30-35(7)19-46-21-39(30,28(27)14-15-37(36,9)31(34)33(44)45)18-29(43-23-41-22-42-43)32(35)47-20-38(10,40-11)25(3)4/h14,22-27,29-32,40H,12-13,15-21H2,1-11H3,(H,44,45)/t26-,27+,29-,30+,31-,32+,34-,35+,36-,37+,38-,39?/m1/s1. The van der Waals surface area contributed by atoms with Crippen LogP contribution in [-0.4, -0.2) is 64.4 Å². The van der Waals surface area contributed by atoms with Crippen LogP contribution in [0.2, 0.25) is 0 Å². The third-order valence-electron chi connectivity index (χ3n) is 16.3. The number of aromatic nitrogens is 3. The molecule has 2 heterocycles. The number of carbonyl (C=O) groups is 1. The van der Waals surface area contributed by atoms with Gasteiger partial charge in [0.15, 0.2) is 0 Å². The van der Waals surface area contributed by atoms with Crippen LogP contribution in [0.4, 0.5) is 0 Å². The largest absolute Gasteiger partial charge is 0.481 e. The lowest BCUT2D eigenvalue weighted by atomic mass is 9.34. The summed E-state index contributed by atoms with van der Waals surface area (Å²) in [7, 11) is 2.03. The molecule has 1 aromatic heterocycles. The first-order valence-electron chi connectivity index (χ1n) is 18.6. The molecule has 5 aliphatic rings. The number of ether oxygens (including phenoxy) is 2. The Balaban J connectivity index is 1.43. The first kappa shape index (κ1) is 35.1. The number of hydrogen-bond donors (Lipinski definition) is 2. The van der Waals surface area contributed by atoms with E-state index in [2.05, 4.69) is 90.3 Å². The molecule has 1 saturated heterocycles. The van der Waals surface area contributed by atoms with E-state index in [-0.39, 0.29) is 50.7 Å². The highest BCUT2D eigenvalue weighted by atomic mass is 16.5. The average molecular weight is 653 g/mol. The van der Waals surface area contributed by atoms with E-state index in [1.165, 1.54) is 0 Å². The van der Waals surface area contributed by atoms with Gasteiger partial charge in [-0.15, -0.1) is 0 Å². The predicted molar refractivity (Wildman–Crippen MR) is 185 cm³/mol. The van der Waals surface area contributed by atoms with Gasteiger partial charge in [-0.05, 0) is 98.3 Å². The van der Waals surface area contributed by atoms with E-state index < -0.39 is 5.97 Å². The molecule has 4 aliphatic carbocycles. The van der Waals surface area contributed by atoms with Crippen molar-refractivity contribution in [2.45, 2.75) is 125 Å². The van der Waals surface area contributed by atoms with Crippen LogP contribution in [0.3, 0.4) is 0 Å². The molecule has 3 saturated carbocycles. The van der Waals surface area contributed by atoms with E-state index >= 15 is 0 Å². The number of carboxylic acid groups (broad SMARTS) is 1. The number of allylic oxidation sites excluding steroid dienone is 1. The van der Waals surface area contributed by atoms with E-state index in [9.17, 15) is 9.90 Å². The van der Waals surface area contributed by atoms with Crippen LogP contribution in [0, 0.1) is 62.6 Å². The lowest BCUT2D eigenvalue weighted by Gasteiger charge is -2.71. The molecule has 0 radical (unpaired) electrons. The van der Waals surface area contributed by atoms with Crippen molar-refractivity contribution in [1.29, 1.82) is 0 Å². The average Bonchev–Trinajstić information content (AvgIpc) is 3.55. The van der Waals surface area contributed by atoms with Crippen molar-refractivity contribution < 1.29 is 19.4 Å². The SMILES string of the molecule is CN[C@](C)(CO[C@H]1[C@H](n2cncn2)CC23COC[C@@]1(C)[C@@H]2CC[C@H]1C3=CC[C@@]2(C)[C@H](C(=O)O)[C@@](C)([C@H](C)C(C)C)CC[C@]12C)C(C)C. The highest BCUT2D eigenvalue weighted by Gasteiger charge is 2.72. The van der Waals surface area contributed by atoms with Gasteiger partial charge < -0.3 is 19.9 Å². The first-order chi connectivity index (χ1) is 21.9. The quantitative estimate of drug-likeness (QED) is 0.268. The lowest BCUT2D eigenvalue weighted by Crippen LogP contribution is -2.69. The minimum Gasteiger partial charge on any atom is -0.481 e. The molecule has 4 fully saturated rings. The number of rotatable bonds is 9. The molecule has 0 amide bonds. The van der Waals surface area contributed by atoms with E-state index in [0.717, 1.165) is 38.5 Å². The number of likely N-dealkylation sites (N-methyl/N-ethyl adjacent to an activating group) is 1. The molecule has 1 aliphatic heterocycles.